The van der Waals surface area contributed by atoms with E-state index in [1.807, 2.05) is 62.4 Å². The molecule has 3 aromatic rings. The molecule has 7 nitrogen and oxygen atoms in total. The number of hydrogen-bond donors (Lipinski definition) is 3. The average Bonchev–Trinajstić information content (AvgIpc) is 3.32. The first-order chi connectivity index (χ1) is 24.2. The van der Waals surface area contributed by atoms with Crippen LogP contribution in [0.5, 0.6) is 5.75 Å². The second-order valence-corrected chi connectivity index (χ2v) is 19.8. The SMILES string of the molecule is CCC/C(=C\c1cc(C)c(O)c(C)c1)CC[C@@H](O)C1=C(CO[Si](c2ccccc2)(c2ccccc2)C(C)(C)C)C[C@H]2C(=O)N(C)C(=O)[C@H]2[C@H]1CO. The Morgan fingerprint density at radius 2 is 1.53 bits per heavy atom. The van der Waals surface area contributed by atoms with Crippen LogP contribution in [0.25, 0.3) is 6.08 Å². The highest BCUT2D eigenvalue weighted by Gasteiger charge is 2.55. The van der Waals surface area contributed by atoms with Gasteiger partial charge >= 0.3 is 0 Å². The molecule has 1 aliphatic heterocycles. The molecule has 0 spiro atoms. The van der Waals surface area contributed by atoms with E-state index in [0.717, 1.165) is 45.5 Å². The van der Waals surface area contributed by atoms with Crippen molar-refractivity contribution in [1.82, 2.24) is 4.90 Å². The molecular weight excluding hydrogens is 655 g/mol. The van der Waals surface area contributed by atoms with E-state index >= 15 is 0 Å². The fourth-order valence-electron chi connectivity index (χ4n) is 8.58. The van der Waals surface area contributed by atoms with Crippen molar-refractivity contribution in [1.29, 1.82) is 0 Å². The lowest BCUT2D eigenvalue weighted by Crippen LogP contribution is -2.66. The van der Waals surface area contributed by atoms with Gasteiger partial charge in [-0.3, -0.25) is 14.5 Å². The minimum absolute atomic E-state index is 0.175. The summed E-state index contributed by atoms with van der Waals surface area (Å²) < 4.78 is 7.34. The van der Waals surface area contributed by atoms with Crippen molar-refractivity contribution in [2.45, 2.75) is 84.8 Å². The van der Waals surface area contributed by atoms with Crippen LogP contribution in [0.1, 0.15) is 76.5 Å². The van der Waals surface area contributed by atoms with E-state index in [9.17, 15) is 24.9 Å². The number of carbonyl (C=O) groups excluding carboxylic acids is 2. The predicted molar refractivity (Wildman–Crippen MR) is 206 cm³/mol. The van der Waals surface area contributed by atoms with Crippen molar-refractivity contribution in [2.75, 3.05) is 20.3 Å². The molecule has 5 rings (SSSR count). The van der Waals surface area contributed by atoms with Crippen LogP contribution in [0.3, 0.4) is 0 Å². The van der Waals surface area contributed by atoms with Crippen LogP contribution in [0.15, 0.2) is 89.5 Å². The van der Waals surface area contributed by atoms with E-state index in [1.165, 1.54) is 17.5 Å². The topological polar surface area (TPSA) is 107 Å². The third-order valence-electron chi connectivity index (χ3n) is 11.0. The molecule has 51 heavy (non-hydrogen) atoms. The first-order valence-corrected chi connectivity index (χ1v) is 20.2. The van der Waals surface area contributed by atoms with E-state index < -0.39 is 32.2 Å². The van der Waals surface area contributed by atoms with Crippen LogP contribution >= 0.6 is 0 Å². The maximum Gasteiger partial charge on any atom is 0.261 e. The number of carbonyl (C=O) groups is 2. The van der Waals surface area contributed by atoms with Gasteiger partial charge < -0.3 is 19.7 Å². The van der Waals surface area contributed by atoms with Crippen molar-refractivity contribution in [3.63, 3.8) is 0 Å². The molecule has 2 aliphatic rings. The summed E-state index contributed by atoms with van der Waals surface area (Å²) in [7, 11) is -1.46. The number of likely N-dealkylation sites (tertiary alicyclic amines) is 1. The maximum absolute atomic E-state index is 13.5. The molecule has 0 aromatic heterocycles. The minimum atomic E-state index is -2.98. The number of aliphatic hydroxyl groups is 2. The molecule has 2 amide bonds. The number of phenolic OH excluding ortho intramolecular Hbond substituents is 1. The molecule has 4 atom stereocenters. The molecule has 0 bridgehead atoms. The van der Waals surface area contributed by atoms with Gasteiger partial charge in [-0.25, -0.2) is 0 Å². The van der Waals surface area contributed by atoms with Gasteiger partial charge in [0, 0.05) is 13.0 Å². The van der Waals surface area contributed by atoms with Crippen molar-refractivity contribution in [3.8, 4) is 5.75 Å². The average molecular weight is 710 g/mol. The normalized spacial score (nSPS) is 20.6. The second-order valence-electron chi connectivity index (χ2n) is 15.5. The molecule has 1 fully saturated rings. The number of hydrogen-bond acceptors (Lipinski definition) is 6. The Morgan fingerprint density at radius 3 is 2.04 bits per heavy atom. The van der Waals surface area contributed by atoms with Crippen molar-refractivity contribution in [2.24, 2.45) is 17.8 Å². The third kappa shape index (κ3) is 7.56. The van der Waals surface area contributed by atoms with Gasteiger partial charge in [0.15, 0.2) is 0 Å². The van der Waals surface area contributed by atoms with Crippen LogP contribution in [0.4, 0.5) is 0 Å². The van der Waals surface area contributed by atoms with Gasteiger partial charge in [-0.1, -0.05) is 106 Å². The first kappa shape index (κ1) is 38.4. The zero-order valence-electron chi connectivity index (χ0n) is 31.3. The lowest BCUT2D eigenvalue weighted by atomic mass is 9.68. The van der Waals surface area contributed by atoms with Gasteiger partial charge in [-0.2, -0.15) is 0 Å². The second kappa shape index (κ2) is 15.8. The van der Waals surface area contributed by atoms with E-state index in [1.54, 1.807) is 0 Å². The van der Waals surface area contributed by atoms with Gasteiger partial charge in [-0.05, 0) is 94.9 Å². The number of allylic oxidation sites excluding steroid dienone is 1. The highest BCUT2D eigenvalue weighted by molar-refractivity contribution is 6.99. The number of benzene rings is 3. The number of nitrogens with zero attached hydrogens (tertiary/aromatic N) is 1. The summed E-state index contributed by atoms with van der Waals surface area (Å²) in [6.07, 6.45) is 4.28. The molecule has 8 heteroatoms. The number of aryl methyl sites for hydroxylation is 2. The number of aliphatic hydroxyl groups excluding tert-OH is 2. The van der Waals surface area contributed by atoms with Gasteiger partial charge in [0.25, 0.3) is 8.32 Å². The summed E-state index contributed by atoms with van der Waals surface area (Å²) in [5.74, 6) is -2.26. The molecule has 0 unspecified atom stereocenters. The smallest absolute Gasteiger partial charge is 0.261 e. The van der Waals surface area contributed by atoms with Crippen LogP contribution in [0.2, 0.25) is 5.04 Å². The largest absolute Gasteiger partial charge is 0.507 e. The van der Waals surface area contributed by atoms with Gasteiger partial charge in [0.05, 0.1) is 31.2 Å². The fourth-order valence-corrected chi connectivity index (χ4v) is 13.1. The molecule has 1 heterocycles. The van der Waals surface area contributed by atoms with E-state index in [0.29, 0.717) is 30.6 Å². The quantitative estimate of drug-likeness (QED) is 0.107. The molecule has 1 aliphatic carbocycles. The zero-order valence-corrected chi connectivity index (χ0v) is 32.3. The highest BCUT2D eigenvalue weighted by Crippen LogP contribution is 2.47. The number of rotatable bonds is 13. The highest BCUT2D eigenvalue weighted by atomic mass is 28.4. The summed E-state index contributed by atoms with van der Waals surface area (Å²) in [4.78, 5) is 28.1. The lowest BCUT2D eigenvalue weighted by molar-refractivity contribution is -0.138. The van der Waals surface area contributed by atoms with E-state index in [4.69, 9.17) is 4.43 Å². The number of imide groups is 1. The first-order valence-electron chi connectivity index (χ1n) is 18.3. The van der Waals surface area contributed by atoms with Crippen LogP contribution in [0, 0.1) is 31.6 Å². The van der Waals surface area contributed by atoms with Crippen molar-refractivity contribution < 1.29 is 29.3 Å². The Kier molecular flexibility index (Phi) is 11.9. The van der Waals surface area contributed by atoms with Gasteiger partial charge in [-0.15, -0.1) is 0 Å². The minimum Gasteiger partial charge on any atom is -0.507 e. The Balaban J connectivity index is 1.57. The number of fused-ring (bicyclic) bond motifs is 1. The van der Waals surface area contributed by atoms with Crippen molar-refractivity contribution >= 4 is 36.6 Å². The summed E-state index contributed by atoms with van der Waals surface area (Å²) >= 11 is 0. The number of aromatic hydroxyl groups is 1. The summed E-state index contributed by atoms with van der Waals surface area (Å²) in [6.45, 7) is 12.4. The summed E-state index contributed by atoms with van der Waals surface area (Å²) in [5.41, 5.74) is 5.25. The van der Waals surface area contributed by atoms with E-state index in [2.05, 4.69) is 58.0 Å². The molecule has 1 saturated heterocycles. The molecular formula is C43H55NO6Si. The lowest BCUT2D eigenvalue weighted by Gasteiger charge is -2.44. The Labute approximate surface area is 304 Å². The van der Waals surface area contributed by atoms with E-state index in [-0.39, 0.29) is 30.1 Å². The Hall–Kier alpha value is -3.82. The van der Waals surface area contributed by atoms with Gasteiger partial charge in [0.2, 0.25) is 11.8 Å². The number of phenols is 1. The van der Waals surface area contributed by atoms with Crippen molar-refractivity contribution in [3.05, 3.63) is 106 Å². The summed E-state index contributed by atoms with van der Waals surface area (Å²) in [5, 5.41) is 35.3. The van der Waals surface area contributed by atoms with Crippen LogP contribution in [-0.2, 0) is 14.0 Å². The number of amides is 2. The maximum atomic E-state index is 13.5. The summed E-state index contributed by atoms with van der Waals surface area (Å²) in [6, 6.07) is 24.6. The standard InChI is InChI=1S/C43H55NO6Si/c1-8-15-30(24-31-22-28(2)40(47)29(3)23-31)20-21-37(46)38-32(25-35-39(36(38)26-45)42(49)44(7)41(35)48)27-50-51(43(4,5)6,33-16-11-9-12-17-33)34-18-13-10-14-19-34/h9-14,16-19,22-24,35-37,39,45-47H,8,15,20-21,25-27H2,1-7H3/b30-24+/t35-,36+,37-,39-/m1/s1. The third-order valence-corrected chi connectivity index (χ3v) is 16.0. The van der Waals surface area contributed by atoms with Crippen LogP contribution in [-0.4, -0.2) is 66.7 Å². The Bertz CT molecular complexity index is 1710. The molecule has 3 N–H and O–H groups in total. The zero-order chi connectivity index (χ0) is 37.1. The monoisotopic (exact) mass is 709 g/mol. The molecule has 272 valence electrons. The van der Waals surface area contributed by atoms with Crippen LogP contribution < -0.4 is 10.4 Å². The Morgan fingerprint density at radius 1 is 0.961 bits per heavy atom. The fraction of sp³-hybridized carbons (Fsp3) is 0.442. The van der Waals surface area contributed by atoms with Gasteiger partial charge in [0.1, 0.15) is 5.75 Å². The molecule has 3 aromatic carbocycles. The predicted octanol–water partition coefficient (Wildman–Crippen LogP) is 6.45. The molecule has 0 saturated carbocycles. The molecule has 0 radical (unpaired) electrons.